The van der Waals surface area contributed by atoms with Gasteiger partial charge in [-0.2, -0.15) is 0 Å². The van der Waals surface area contributed by atoms with Crippen molar-refractivity contribution in [2.45, 2.75) is 19.9 Å². The molecule has 2 aromatic rings. The van der Waals surface area contributed by atoms with E-state index in [1.807, 2.05) is 17.7 Å². The van der Waals surface area contributed by atoms with Gasteiger partial charge in [0.1, 0.15) is 5.82 Å². The van der Waals surface area contributed by atoms with Gasteiger partial charge < -0.3 is 10.3 Å². The van der Waals surface area contributed by atoms with Crippen LogP contribution in [0.1, 0.15) is 23.1 Å². The molecule has 94 valence electrons. The number of benzene rings is 1. The average molecular weight is 264 g/mol. The molecule has 0 radical (unpaired) electrons. The number of nitrogen functional groups attached to an aromatic ring is 1. The fourth-order valence-corrected chi connectivity index (χ4v) is 1.92. The lowest BCUT2D eigenvalue weighted by Gasteiger charge is -2.05. The summed E-state index contributed by atoms with van der Waals surface area (Å²) in [5.74, 6) is 0.744. The Labute approximate surface area is 110 Å². The first-order valence-corrected chi connectivity index (χ1v) is 6.08. The van der Waals surface area contributed by atoms with Crippen LogP contribution in [0.3, 0.4) is 0 Å². The van der Waals surface area contributed by atoms with E-state index in [-0.39, 0.29) is 12.2 Å². The van der Waals surface area contributed by atoms with Crippen LogP contribution in [0.5, 0.6) is 0 Å². The fraction of sp³-hybridized carbons (Fsp3) is 0.231. The van der Waals surface area contributed by atoms with Gasteiger partial charge in [-0.05, 0) is 25.1 Å². The van der Waals surface area contributed by atoms with Crippen LogP contribution in [0.15, 0.2) is 30.6 Å². The highest BCUT2D eigenvalue weighted by molar-refractivity contribution is 6.33. The zero-order valence-corrected chi connectivity index (χ0v) is 10.8. The summed E-state index contributed by atoms with van der Waals surface area (Å²) in [6, 6.07) is 4.92. The molecule has 1 heterocycles. The molecule has 0 bridgehead atoms. The summed E-state index contributed by atoms with van der Waals surface area (Å²) in [6.45, 7) is 2.81. The molecule has 5 heteroatoms. The van der Waals surface area contributed by atoms with E-state index < -0.39 is 0 Å². The maximum atomic E-state index is 12.1. The number of carbonyl (C=O) groups is 1. The topological polar surface area (TPSA) is 60.9 Å². The third-order valence-electron chi connectivity index (χ3n) is 2.78. The summed E-state index contributed by atoms with van der Waals surface area (Å²) >= 11 is 5.90. The van der Waals surface area contributed by atoms with Crippen molar-refractivity contribution in [3.8, 4) is 0 Å². The number of aromatic nitrogens is 2. The molecule has 0 fully saturated rings. The van der Waals surface area contributed by atoms with Gasteiger partial charge in [0.05, 0.1) is 17.1 Å². The van der Waals surface area contributed by atoms with Gasteiger partial charge in [-0.3, -0.25) is 4.79 Å². The molecular weight excluding hydrogens is 250 g/mol. The monoisotopic (exact) mass is 263 g/mol. The van der Waals surface area contributed by atoms with Crippen LogP contribution in [0.2, 0.25) is 5.02 Å². The molecule has 0 unspecified atom stereocenters. The number of ketones is 1. The van der Waals surface area contributed by atoms with Crippen molar-refractivity contribution in [2.24, 2.45) is 0 Å². The smallest absolute Gasteiger partial charge is 0.170 e. The Morgan fingerprint density at radius 3 is 2.94 bits per heavy atom. The number of Topliss-reactive ketones (excluding diaryl/α,β-unsaturated/α-hetero) is 1. The fourth-order valence-electron chi connectivity index (χ4n) is 1.74. The molecule has 0 atom stereocenters. The first kappa shape index (κ1) is 12.6. The highest BCUT2D eigenvalue weighted by atomic mass is 35.5. The summed E-state index contributed by atoms with van der Waals surface area (Å²) in [5, 5.41) is 0.402. The number of carbonyl (C=O) groups excluding carboxylic acids is 1. The van der Waals surface area contributed by atoms with Gasteiger partial charge in [0, 0.05) is 24.5 Å². The maximum Gasteiger partial charge on any atom is 0.170 e. The van der Waals surface area contributed by atoms with E-state index in [1.54, 1.807) is 24.4 Å². The molecule has 4 nitrogen and oxygen atoms in total. The van der Waals surface area contributed by atoms with E-state index in [9.17, 15) is 4.79 Å². The number of imidazole rings is 1. The zero-order valence-electron chi connectivity index (χ0n) is 10.1. The van der Waals surface area contributed by atoms with E-state index in [1.165, 1.54) is 0 Å². The molecule has 0 saturated carbocycles. The van der Waals surface area contributed by atoms with E-state index in [0.29, 0.717) is 16.3 Å². The number of hydrogen-bond donors (Lipinski definition) is 1. The normalized spacial score (nSPS) is 10.6. The molecule has 2 N–H and O–H groups in total. The minimum atomic E-state index is -0.0159. The van der Waals surface area contributed by atoms with Gasteiger partial charge in [0.15, 0.2) is 5.78 Å². The molecule has 18 heavy (non-hydrogen) atoms. The largest absolute Gasteiger partial charge is 0.398 e. The van der Waals surface area contributed by atoms with Crippen molar-refractivity contribution >= 4 is 23.1 Å². The molecule has 0 aliphatic heterocycles. The minimum absolute atomic E-state index is 0.0159. The van der Waals surface area contributed by atoms with Crippen LogP contribution in [0.4, 0.5) is 5.69 Å². The molecule has 1 aromatic heterocycles. The number of rotatable bonds is 4. The molecular formula is C13H14ClN3O. The van der Waals surface area contributed by atoms with Crippen molar-refractivity contribution < 1.29 is 4.79 Å². The van der Waals surface area contributed by atoms with Gasteiger partial charge in [-0.15, -0.1) is 0 Å². The van der Waals surface area contributed by atoms with Crippen molar-refractivity contribution in [1.29, 1.82) is 0 Å². The first-order chi connectivity index (χ1) is 8.61. The van der Waals surface area contributed by atoms with E-state index in [2.05, 4.69) is 4.98 Å². The maximum absolute atomic E-state index is 12.1. The second-order valence-electron chi connectivity index (χ2n) is 3.97. The SMILES string of the molecule is CCn1ccnc1CC(=O)c1ccc(N)c(Cl)c1. The molecule has 0 saturated heterocycles. The standard InChI is InChI=1S/C13H14ClN3O/c1-2-17-6-5-16-13(17)8-12(18)9-3-4-11(15)10(14)7-9/h3-7H,2,8,15H2,1H3. The van der Waals surface area contributed by atoms with Gasteiger partial charge >= 0.3 is 0 Å². The zero-order chi connectivity index (χ0) is 13.1. The Kier molecular flexibility index (Phi) is 3.67. The number of nitrogens with two attached hydrogens (primary N) is 1. The summed E-state index contributed by atoms with van der Waals surface area (Å²) in [4.78, 5) is 16.3. The Morgan fingerprint density at radius 1 is 1.50 bits per heavy atom. The van der Waals surface area contributed by atoms with E-state index in [4.69, 9.17) is 17.3 Å². The van der Waals surface area contributed by atoms with Crippen LogP contribution >= 0.6 is 11.6 Å². The van der Waals surface area contributed by atoms with Gasteiger partial charge in [0.2, 0.25) is 0 Å². The summed E-state index contributed by atoms with van der Waals surface area (Å²) in [6.07, 6.45) is 3.82. The van der Waals surface area contributed by atoms with Gasteiger partial charge in [-0.1, -0.05) is 11.6 Å². The van der Waals surface area contributed by atoms with Crippen LogP contribution in [-0.2, 0) is 13.0 Å². The Balaban J connectivity index is 2.19. The lowest BCUT2D eigenvalue weighted by atomic mass is 10.1. The van der Waals surface area contributed by atoms with E-state index >= 15 is 0 Å². The Hall–Kier alpha value is -1.81. The lowest BCUT2D eigenvalue weighted by Crippen LogP contribution is -2.09. The lowest BCUT2D eigenvalue weighted by molar-refractivity contribution is 0.0990. The van der Waals surface area contributed by atoms with Crippen LogP contribution in [0.25, 0.3) is 0 Å². The summed E-state index contributed by atoms with van der Waals surface area (Å²) in [7, 11) is 0. The van der Waals surface area contributed by atoms with Crippen molar-refractivity contribution in [2.75, 3.05) is 5.73 Å². The highest BCUT2D eigenvalue weighted by Gasteiger charge is 2.12. The molecule has 0 spiro atoms. The Bertz CT molecular complexity index is 577. The molecule has 0 aliphatic rings. The van der Waals surface area contributed by atoms with Crippen molar-refractivity contribution in [3.05, 3.63) is 47.0 Å². The van der Waals surface area contributed by atoms with Crippen LogP contribution < -0.4 is 5.73 Å². The second kappa shape index (κ2) is 5.23. The van der Waals surface area contributed by atoms with Crippen molar-refractivity contribution in [3.63, 3.8) is 0 Å². The summed E-state index contributed by atoms with van der Waals surface area (Å²) < 4.78 is 1.94. The predicted molar refractivity (Wildman–Crippen MR) is 71.8 cm³/mol. The quantitative estimate of drug-likeness (QED) is 0.681. The third-order valence-corrected chi connectivity index (χ3v) is 3.11. The number of aryl methyl sites for hydroxylation is 1. The third kappa shape index (κ3) is 2.54. The molecule has 1 aromatic carbocycles. The van der Waals surface area contributed by atoms with E-state index in [0.717, 1.165) is 12.4 Å². The van der Waals surface area contributed by atoms with Crippen LogP contribution in [-0.4, -0.2) is 15.3 Å². The van der Waals surface area contributed by atoms with Gasteiger partial charge in [-0.25, -0.2) is 4.98 Å². The van der Waals surface area contributed by atoms with Gasteiger partial charge in [0.25, 0.3) is 0 Å². The first-order valence-electron chi connectivity index (χ1n) is 5.70. The Morgan fingerprint density at radius 2 is 2.28 bits per heavy atom. The number of halogens is 1. The van der Waals surface area contributed by atoms with Crippen molar-refractivity contribution in [1.82, 2.24) is 9.55 Å². The summed E-state index contributed by atoms with van der Waals surface area (Å²) in [5.41, 5.74) is 6.64. The second-order valence-corrected chi connectivity index (χ2v) is 4.37. The minimum Gasteiger partial charge on any atom is -0.398 e. The van der Waals surface area contributed by atoms with Crippen LogP contribution in [0, 0.1) is 0 Å². The molecule has 0 amide bonds. The average Bonchev–Trinajstić information content (AvgIpc) is 2.79. The molecule has 0 aliphatic carbocycles. The molecule has 2 rings (SSSR count). The number of nitrogens with zero attached hydrogens (tertiary/aromatic N) is 2. The highest BCUT2D eigenvalue weighted by Crippen LogP contribution is 2.20. The number of hydrogen-bond acceptors (Lipinski definition) is 3. The number of anilines is 1. The predicted octanol–water partition coefficient (Wildman–Crippen LogP) is 2.56.